The molecule has 0 unspecified atom stereocenters. The first kappa shape index (κ1) is 16.7. The monoisotopic (exact) mass is 330 g/mol. The fraction of sp³-hybridized carbons (Fsp3) is 0.167. The number of ether oxygens (including phenoxy) is 1. The number of rotatable bonds is 7. The first-order valence-electron chi connectivity index (χ1n) is 7.07. The fourth-order valence-electron chi connectivity index (χ4n) is 1.73. The molecule has 0 heterocycles. The second-order valence-electron chi connectivity index (χ2n) is 4.41. The van der Waals surface area contributed by atoms with E-state index in [2.05, 4.69) is 12.1 Å². The van der Waals surface area contributed by atoms with Crippen LogP contribution in [0.5, 0.6) is 0 Å². The van der Waals surface area contributed by atoms with Crippen LogP contribution in [0.2, 0.25) is 0 Å². The number of hydrogen-bond donors (Lipinski definition) is 0. The van der Waals surface area contributed by atoms with Crippen molar-refractivity contribution in [2.75, 3.05) is 6.61 Å². The second kappa shape index (κ2) is 9.38. The van der Waals surface area contributed by atoms with Crippen molar-refractivity contribution in [3.8, 4) is 0 Å². The van der Waals surface area contributed by atoms with Crippen molar-refractivity contribution >= 4 is 29.5 Å². The summed E-state index contributed by atoms with van der Waals surface area (Å²) in [5, 5.41) is 2.03. The third kappa shape index (κ3) is 6.00. The Morgan fingerprint density at radius 2 is 1.59 bits per heavy atom. The van der Waals surface area contributed by atoms with E-state index in [1.165, 1.54) is 0 Å². The summed E-state index contributed by atoms with van der Waals surface area (Å²) in [4.78, 5) is 15.0. The summed E-state index contributed by atoms with van der Waals surface area (Å²) in [6.07, 6.45) is 0.299. The Balaban J connectivity index is 2.08. The summed E-state index contributed by atoms with van der Waals surface area (Å²) in [7, 11) is 0. The molecule has 22 heavy (non-hydrogen) atoms. The second-order valence-corrected chi connectivity index (χ2v) is 6.55. The molecule has 0 aliphatic rings. The van der Waals surface area contributed by atoms with Gasteiger partial charge in [0.1, 0.15) is 0 Å². The van der Waals surface area contributed by atoms with Crippen molar-refractivity contribution in [3.05, 3.63) is 71.0 Å². The Labute approximate surface area is 140 Å². The lowest BCUT2D eigenvalue weighted by atomic mass is 10.4. The van der Waals surface area contributed by atoms with Gasteiger partial charge in [-0.3, -0.25) is 4.79 Å². The molecule has 2 nitrogen and oxygen atoms in total. The minimum absolute atomic E-state index is 0.189. The van der Waals surface area contributed by atoms with Crippen LogP contribution in [0.4, 0.5) is 0 Å². The normalized spacial score (nSPS) is 11.2. The highest BCUT2D eigenvalue weighted by molar-refractivity contribution is 8.06. The molecule has 0 saturated carbocycles. The van der Waals surface area contributed by atoms with Gasteiger partial charge in [0.2, 0.25) is 0 Å². The number of carbonyl (C=O) groups excluding carboxylic acids is 1. The molecule has 0 saturated heterocycles. The van der Waals surface area contributed by atoms with Crippen LogP contribution in [0.1, 0.15) is 13.3 Å². The Bertz CT molecular complexity index is 609. The van der Waals surface area contributed by atoms with Gasteiger partial charge in [0, 0.05) is 14.7 Å². The molecule has 2 aromatic rings. The van der Waals surface area contributed by atoms with Crippen molar-refractivity contribution in [2.24, 2.45) is 0 Å². The van der Waals surface area contributed by atoms with Crippen LogP contribution >= 0.6 is 23.5 Å². The fourth-order valence-corrected chi connectivity index (χ4v) is 3.52. The van der Waals surface area contributed by atoms with Crippen LogP contribution in [-0.2, 0) is 9.53 Å². The van der Waals surface area contributed by atoms with Gasteiger partial charge in [-0.1, -0.05) is 59.9 Å². The lowest BCUT2D eigenvalue weighted by molar-refractivity contribution is -0.142. The first-order chi connectivity index (χ1) is 10.8. The number of hydrogen-bond acceptors (Lipinski definition) is 4. The van der Waals surface area contributed by atoms with E-state index in [4.69, 9.17) is 4.74 Å². The number of benzene rings is 2. The largest absolute Gasteiger partial charge is 0.466 e. The predicted octanol–water partition coefficient (Wildman–Crippen LogP) is 5.37. The summed E-state index contributed by atoms with van der Waals surface area (Å²) in [5.74, 6) is -0.189. The highest BCUT2D eigenvalue weighted by atomic mass is 32.2. The van der Waals surface area contributed by atoms with Gasteiger partial charge in [-0.05, 0) is 36.6 Å². The molecule has 0 aromatic heterocycles. The molecular formula is C18H18O2S2. The number of carbonyl (C=O) groups is 1. The lowest BCUT2D eigenvalue weighted by Crippen LogP contribution is -2.03. The SMILES string of the molecule is CCOC(=O)C/C(=C\Sc1ccccc1)Sc1ccccc1. The molecule has 0 N–H and O–H groups in total. The Kier molecular flexibility index (Phi) is 7.13. The van der Waals surface area contributed by atoms with Crippen LogP contribution in [0.25, 0.3) is 0 Å². The number of esters is 1. The van der Waals surface area contributed by atoms with E-state index < -0.39 is 0 Å². The van der Waals surface area contributed by atoms with Crippen LogP contribution < -0.4 is 0 Å². The smallest absolute Gasteiger partial charge is 0.310 e. The summed E-state index contributed by atoms with van der Waals surface area (Å²) in [6, 6.07) is 20.2. The zero-order valence-electron chi connectivity index (χ0n) is 12.4. The van der Waals surface area contributed by atoms with E-state index in [1.54, 1.807) is 23.5 Å². The summed E-state index contributed by atoms with van der Waals surface area (Å²) in [5.41, 5.74) is 0. The zero-order chi connectivity index (χ0) is 15.6. The number of thioether (sulfide) groups is 2. The average molecular weight is 330 g/mol. The molecule has 2 aromatic carbocycles. The third-order valence-corrected chi connectivity index (χ3v) is 4.81. The van der Waals surface area contributed by atoms with Gasteiger partial charge in [-0.15, -0.1) is 0 Å². The highest BCUT2D eigenvalue weighted by Gasteiger charge is 2.09. The van der Waals surface area contributed by atoms with Gasteiger partial charge in [-0.25, -0.2) is 0 Å². The van der Waals surface area contributed by atoms with Gasteiger partial charge in [0.15, 0.2) is 0 Å². The molecule has 0 spiro atoms. The quantitative estimate of drug-likeness (QED) is 0.504. The summed E-state index contributed by atoms with van der Waals surface area (Å²) in [6.45, 7) is 2.23. The maximum atomic E-state index is 11.8. The van der Waals surface area contributed by atoms with Crippen molar-refractivity contribution in [2.45, 2.75) is 23.1 Å². The van der Waals surface area contributed by atoms with E-state index in [1.807, 2.05) is 60.9 Å². The van der Waals surface area contributed by atoms with E-state index in [-0.39, 0.29) is 5.97 Å². The summed E-state index contributed by atoms with van der Waals surface area (Å²) >= 11 is 3.22. The van der Waals surface area contributed by atoms with Crippen molar-refractivity contribution in [1.29, 1.82) is 0 Å². The predicted molar refractivity (Wildman–Crippen MR) is 93.9 cm³/mol. The minimum Gasteiger partial charge on any atom is -0.466 e. The Morgan fingerprint density at radius 1 is 1.00 bits per heavy atom. The molecule has 2 rings (SSSR count). The van der Waals surface area contributed by atoms with E-state index in [0.29, 0.717) is 13.0 Å². The maximum Gasteiger partial charge on any atom is 0.310 e. The molecule has 0 bridgehead atoms. The van der Waals surface area contributed by atoms with Gasteiger partial charge in [-0.2, -0.15) is 0 Å². The van der Waals surface area contributed by atoms with E-state index in [9.17, 15) is 4.79 Å². The molecule has 0 aliphatic carbocycles. The topological polar surface area (TPSA) is 26.3 Å². The Morgan fingerprint density at radius 3 is 2.18 bits per heavy atom. The van der Waals surface area contributed by atoms with Crippen molar-refractivity contribution in [3.63, 3.8) is 0 Å². The third-order valence-electron chi connectivity index (χ3n) is 2.69. The summed E-state index contributed by atoms with van der Waals surface area (Å²) < 4.78 is 5.06. The molecule has 4 heteroatoms. The van der Waals surface area contributed by atoms with Crippen molar-refractivity contribution < 1.29 is 9.53 Å². The van der Waals surface area contributed by atoms with Gasteiger partial charge < -0.3 is 4.74 Å². The van der Waals surface area contributed by atoms with Crippen LogP contribution in [0, 0.1) is 0 Å². The molecule has 0 radical (unpaired) electrons. The van der Waals surface area contributed by atoms with Crippen molar-refractivity contribution in [1.82, 2.24) is 0 Å². The van der Waals surface area contributed by atoms with Crippen LogP contribution in [-0.4, -0.2) is 12.6 Å². The molecule has 0 aliphatic heterocycles. The molecular weight excluding hydrogens is 312 g/mol. The van der Waals surface area contributed by atoms with Crippen LogP contribution in [0.15, 0.2) is 80.8 Å². The average Bonchev–Trinajstić information content (AvgIpc) is 2.55. The molecule has 114 valence electrons. The van der Waals surface area contributed by atoms with Gasteiger partial charge in [0.05, 0.1) is 13.0 Å². The first-order valence-corrected chi connectivity index (χ1v) is 8.77. The Hall–Kier alpha value is -1.65. The zero-order valence-corrected chi connectivity index (χ0v) is 14.0. The lowest BCUT2D eigenvalue weighted by Gasteiger charge is -2.07. The molecule has 0 fully saturated rings. The standard InChI is InChI=1S/C18H18O2S2/c1-2-20-18(19)13-17(22-16-11-7-4-8-12-16)14-21-15-9-5-3-6-10-15/h3-12,14H,2,13H2,1H3/b17-14+. The molecule has 0 atom stereocenters. The highest BCUT2D eigenvalue weighted by Crippen LogP contribution is 2.32. The van der Waals surface area contributed by atoms with Gasteiger partial charge >= 0.3 is 5.97 Å². The minimum atomic E-state index is -0.189. The van der Waals surface area contributed by atoms with E-state index in [0.717, 1.165) is 14.7 Å². The van der Waals surface area contributed by atoms with E-state index >= 15 is 0 Å². The molecule has 0 amide bonds. The maximum absolute atomic E-state index is 11.8. The van der Waals surface area contributed by atoms with Crippen LogP contribution in [0.3, 0.4) is 0 Å². The van der Waals surface area contributed by atoms with Gasteiger partial charge in [0.25, 0.3) is 0 Å².